The molecule has 7 nitrogen and oxygen atoms in total. The highest BCUT2D eigenvalue weighted by Gasteiger charge is 2.28. The SMILES string of the molecule is CCC1CCc2onc(C(=O)Nc3c(C)nn(Cc4ccc(OC)cc4)c3C)c2C1. The number of hydrogen-bond acceptors (Lipinski definition) is 5. The maximum Gasteiger partial charge on any atom is 0.278 e. The van der Waals surface area contributed by atoms with Crippen molar-refractivity contribution < 1.29 is 14.1 Å². The van der Waals surface area contributed by atoms with Crippen molar-refractivity contribution in [2.24, 2.45) is 5.92 Å². The molecule has 0 bridgehead atoms. The Bertz CT molecular complexity index is 1050. The molecule has 30 heavy (non-hydrogen) atoms. The molecule has 0 fully saturated rings. The lowest BCUT2D eigenvalue weighted by Gasteiger charge is -2.19. The first-order chi connectivity index (χ1) is 14.5. The number of hydrogen-bond donors (Lipinski definition) is 1. The number of methoxy groups -OCH3 is 1. The van der Waals surface area contributed by atoms with Gasteiger partial charge in [-0.25, -0.2) is 0 Å². The van der Waals surface area contributed by atoms with Crippen LogP contribution in [0.5, 0.6) is 5.75 Å². The van der Waals surface area contributed by atoms with E-state index in [0.29, 0.717) is 18.2 Å². The van der Waals surface area contributed by atoms with Crippen LogP contribution in [-0.4, -0.2) is 28.0 Å². The minimum absolute atomic E-state index is 0.230. The number of carbonyl (C=O) groups is 1. The molecule has 1 atom stereocenters. The minimum Gasteiger partial charge on any atom is -0.497 e. The molecule has 1 N–H and O–H groups in total. The first-order valence-corrected chi connectivity index (χ1v) is 10.5. The Morgan fingerprint density at radius 1 is 1.30 bits per heavy atom. The number of carbonyl (C=O) groups excluding carboxylic acids is 1. The first kappa shape index (κ1) is 20.2. The highest BCUT2D eigenvalue weighted by Crippen LogP contribution is 2.30. The molecule has 0 saturated carbocycles. The van der Waals surface area contributed by atoms with E-state index in [1.54, 1.807) is 7.11 Å². The summed E-state index contributed by atoms with van der Waals surface area (Å²) in [5, 5.41) is 11.7. The van der Waals surface area contributed by atoms with Gasteiger partial charge in [0, 0.05) is 12.0 Å². The molecule has 2 heterocycles. The van der Waals surface area contributed by atoms with Crippen molar-refractivity contribution in [1.29, 1.82) is 0 Å². The van der Waals surface area contributed by atoms with Crippen LogP contribution in [0, 0.1) is 19.8 Å². The molecular weight excluding hydrogens is 380 g/mol. The number of nitrogens with one attached hydrogen (secondary N) is 1. The Morgan fingerprint density at radius 3 is 2.77 bits per heavy atom. The van der Waals surface area contributed by atoms with Gasteiger partial charge in [-0.2, -0.15) is 5.10 Å². The molecule has 0 radical (unpaired) electrons. The molecule has 3 aromatic rings. The predicted octanol–water partition coefficient (Wildman–Crippen LogP) is 4.31. The van der Waals surface area contributed by atoms with Crippen molar-refractivity contribution in [3.8, 4) is 5.75 Å². The van der Waals surface area contributed by atoms with Crippen molar-refractivity contribution >= 4 is 11.6 Å². The smallest absolute Gasteiger partial charge is 0.278 e. The molecule has 1 amide bonds. The van der Waals surface area contributed by atoms with Gasteiger partial charge in [0.05, 0.1) is 30.7 Å². The molecule has 1 unspecified atom stereocenters. The van der Waals surface area contributed by atoms with Crippen LogP contribution >= 0.6 is 0 Å². The van der Waals surface area contributed by atoms with Crippen LogP contribution in [0.1, 0.15) is 58.5 Å². The average Bonchev–Trinajstić information content (AvgIpc) is 3.30. The summed E-state index contributed by atoms with van der Waals surface area (Å²) in [5.41, 5.74) is 4.89. The molecule has 1 aliphatic rings. The number of benzene rings is 1. The summed E-state index contributed by atoms with van der Waals surface area (Å²) >= 11 is 0. The molecule has 1 aliphatic carbocycles. The Morgan fingerprint density at radius 2 is 2.07 bits per heavy atom. The van der Waals surface area contributed by atoms with E-state index >= 15 is 0 Å². The Hall–Kier alpha value is -3.09. The molecular formula is C23H28N4O3. The summed E-state index contributed by atoms with van der Waals surface area (Å²) in [5.74, 6) is 2.03. The van der Waals surface area contributed by atoms with Gasteiger partial charge in [-0.15, -0.1) is 0 Å². The van der Waals surface area contributed by atoms with Crippen LogP contribution in [0.4, 0.5) is 5.69 Å². The van der Waals surface area contributed by atoms with Crippen molar-refractivity contribution in [3.05, 3.63) is 58.2 Å². The van der Waals surface area contributed by atoms with Crippen LogP contribution < -0.4 is 10.1 Å². The normalized spacial score (nSPS) is 15.7. The van der Waals surface area contributed by atoms with Crippen LogP contribution in [0.3, 0.4) is 0 Å². The monoisotopic (exact) mass is 408 g/mol. The lowest BCUT2D eigenvalue weighted by Crippen LogP contribution is -2.19. The second kappa shape index (κ2) is 8.34. The molecule has 4 rings (SSSR count). The lowest BCUT2D eigenvalue weighted by molar-refractivity contribution is 0.101. The fraction of sp³-hybridized carbons (Fsp3) is 0.435. The number of ether oxygens (including phenoxy) is 1. The molecule has 1 aromatic carbocycles. The van der Waals surface area contributed by atoms with E-state index < -0.39 is 0 Å². The van der Waals surface area contributed by atoms with Crippen LogP contribution in [0.15, 0.2) is 28.8 Å². The molecule has 2 aromatic heterocycles. The average molecular weight is 409 g/mol. The van der Waals surface area contributed by atoms with E-state index in [4.69, 9.17) is 9.26 Å². The van der Waals surface area contributed by atoms with E-state index in [1.165, 1.54) is 0 Å². The third-order valence-electron chi connectivity index (χ3n) is 6.05. The number of nitrogens with zero attached hydrogens (tertiary/aromatic N) is 3. The van der Waals surface area contributed by atoms with E-state index in [1.807, 2.05) is 42.8 Å². The molecule has 0 saturated heterocycles. The minimum atomic E-state index is -0.230. The highest BCUT2D eigenvalue weighted by molar-refractivity contribution is 6.04. The maximum atomic E-state index is 13.0. The predicted molar refractivity (Wildman–Crippen MR) is 114 cm³/mol. The number of fused-ring (bicyclic) bond motifs is 1. The zero-order valence-electron chi connectivity index (χ0n) is 18.0. The summed E-state index contributed by atoms with van der Waals surface area (Å²) in [4.78, 5) is 13.0. The standard InChI is InChI=1S/C23H28N4O3/c1-5-16-8-11-20-19(12-16)22(26-30-20)23(28)24-21-14(2)25-27(15(21)3)13-17-6-9-18(29-4)10-7-17/h6-7,9-10,16H,5,8,11-13H2,1-4H3,(H,24,28). The van der Waals surface area contributed by atoms with Crippen molar-refractivity contribution in [1.82, 2.24) is 14.9 Å². The number of amides is 1. The van der Waals surface area contributed by atoms with E-state index in [-0.39, 0.29) is 5.91 Å². The van der Waals surface area contributed by atoms with Gasteiger partial charge in [0.25, 0.3) is 5.91 Å². The maximum absolute atomic E-state index is 13.0. The molecule has 158 valence electrons. The van der Waals surface area contributed by atoms with Crippen molar-refractivity contribution in [3.63, 3.8) is 0 Å². The van der Waals surface area contributed by atoms with Gasteiger partial charge >= 0.3 is 0 Å². The topological polar surface area (TPSA) is 82.2 Å². The summed E-state index contributed by atoms with van der Waals surface area (Å²) < 4.78 is 12.6. The van der Waals surface area contributed by atoms with Crippen LogP contribution in [0.2, 0.25) is 0 Å². The van der Waals surface area contributed by atoms with E-state index in [2.05, 4.69) is 22.5 Å². The molecule has 0 aliphatic heterocycles. The summed E-state index contributed by atoms with van der Waals surface area (Å²) in [7, 11) is 1.65. The van der Waals surface area contributed by atoms with Gasteiger partial charge in [-0.05, 0) is 50.3 Å². The van der Waals surface area contributed by atoms with Gasteiger partial charge in [0.1, 0.15) is 11.5 Å². The third-order valence-corrected chi connectivity index (χ3v) is 6.05. The Balaban J connectivity index is 1.53. The quantitative estimate of drug-likeness (QED) is 0.657. The van der Waals surface area contributed by atoms with E-state index in [0.717, 1.165) is 65.4 Å². The third kappa shape index (κ3) is 3.84. The summed E-state index contributed by atoms with van der Waals surface area (Å²) in [6.07, 6.45) is 3.90. The molecule has 0 spiro atoms. The lowest BCUT2D eigenvalue weighted by atomic mass is 9.85. The zero-order chi connectivity index (χ0) is 21.3. The van der Waals surface area contributed by atoms with Gasteiger partial charge in [0.2, 0.25) is 0 Å². The van der Waals surface area contributed by atoms with Gasteiger partial charge in [-0.3, -0.25) is 9.48 Å². The Labute approximate surface area is 176 Å². The van der Waals surface area contributed by atoms with Crippen molar-refractivity contribution in [2.75, 3.05) is 12.4 Å². The summed E-state index contributed by atoms with van der Waals surface area (Å²) in [6, 6.07) is 7.89. The second-order valence-corrected chi connectivity index (χ2v) is 7.96. The largest absolute Gasteiger partial charge is 0.497 e. The summed E-state index contributed by atoms with van der Waals surface area (Å²) in [6.45, 7) is 6.67. The first-order valence-electron chi connectivity index (χ1n) is 10.5. The Kier molecular flexibility index (Phi) is 5.61. The van der Waals surface area contributed by atoms with E-state index in [9.17, 15) is 4.79 Å². The fourth-order valence-electron chi connectivity index (χ4n) is 4.11. The van der Waals surface area contributed by atoms with Crippen molar-refractivity contribution in [2.45, 2.75) is 53.0 Å². The van der Waals surface area contributed by atoms with Gasteiger partial charge in [-0.1, -0.05) is 30.6 Å². The molecule has 7 heteroatoms. The van der Waals surface area contributed by atoms with Crippen LogP contribution in [-0.2, 0) is 19.4 Å². The zero-order valence-corrected chi connectivity index (χ0v) is 18.0. The number of anilines is 1. The number of rotatable bonds is 6. The van der Waals surface area contributed by atoms with Gasteiger partial charge < -0.3 is 14.6 Å². The van der Waals surface area contributed by atoms with Crippen LogP contribution in [0.25, 0.3) is 0 Å². The number of aryl methyl sites for hydroxylation is 2. The highest BCUT2D eigenvalue weighted by atomic mass is 16.5. The fourth-order valence-corrected chi connectivity index (χ4v) is 4.11. The second-order valence-electron chi connectivity index (χ2n) is 7.96. The van der Waals surface area contributed by atoms with Gasteiger partial charge in [0.15, 0.2) is 5.69 Å². The number of aromatic nitrogens is 3.